The van der Waals surface area contributed by atoms with Crippen LogP contribution in [0.1, 0.15) is 48.5 Å². The number of ether oxygens (including phenoxy) is 1. The first-order chi connectivity index (χ1) is 10.2. The fourth-order valence-electron chi connectivity index (χ4n) is 2.69. The molecule has 1 aliphatic rings. The summed E-state index contributed by atoms with van der Waals surface area (Å²) in [5.74, 6) is -0.0674. The number of hydrogen-bond acceptors (Lipinski definition) is 3. The lowest BCUT2D eigenvalue weighted by Gasteiger charge is -2.42. The van der Waals surface area contributed by atoms with Crippen LogP contribution < -0.4 is 5.32 Å². The SMILES string of the molecule is CCOCCC1(CNC(=O)c2ccc(C#N)cc2)CCC1. The summed E-state index contributed by atoms with van der Waals surface area (Å²) in [7, 11) is 0. The highest BCUT2D eigenvalue weighted by Crippen LogP contribution is 2.43. The zero-order chi connectivity index (χ0) is 15.1. The predicted molar refractivity (Wildman–Crippen MR) is 80.9 cm³/mol. The molecule has 0 saturated heterocycles. The molecular formula is C17H22N2O2. The van der Waals surface area contributed by atoms with Crippen molar-refractivity contribution in [1.29, 1.82) is 5.26 Å². The number of carbonyl (C=O) groups excluding carboxylic acids is 1. The Kier molecular flexibility index (Phi) is 5.35. The molecule has 1 N–H and O–H groups in total. The van der Waals surface area contributed by atoms with Crippen LogP contribution in [0.15, 0.2) is 24.3 Å². The molecule has 1 amide bonds. The minimum Gasteiger partial charge on any atom is -0.382 e. The van der Waals surface area contributed by atoms with E-state index in [4.69, 9.17) is 10.00 Å². The van der Waals surface area contributed by atoms with E-state index in [1.807, 2.05) is 6.92 Å². The summed E-state index contributed by atoms with van der Waals surface area (Å²) in [4.78, 5) is 12.1. The Morgan fingerprint density at radius 2 is 2.10 bits per heavy atom. The second kappa shape index (κ2) is 7.24. The van der Waals surface area contributed by atoms with Gasteiger partial charge in [0.05, 0.1) is 11.6 Å². The lowest BCUT2D eigenvalue weighted by atomic mass is 9.66. The van der Waals surface area contributed by atoms with Crippen LogP contribution in [0.25, 0.3) is 0 Å². The van der Waals surface area contributed by atoms with E-state index >= 15 is 0 Å². The highest BCUT2D eigenvalue weighted by molar-refractivity contribution is 5.94. The fraction of sp³-hybridized carbons (Fsp3) is 0.529. The molecule has 4 nitrogen and oxygen atoms in total. The third-order valence-corrected chi connectivity index (χ3v) is 4.30. The van der Waals surface area contributed by atoms with E-state index in [9.17, 15) is 4.79 Å². The number of nitrogens with zero attached hydrogens (tertiary/aromatic N) is 1. The van der Waals surface area contributed by atoms with E-state index in [0.717, 1.165) is 32.5 Å². The molecule has 2 rings (SSSR count). The maximum absolute atomic E-state index is 12.1. The predicted octanol–water partition coefficient (Wildman–Crippen LogP) is 2.88. The van der Waals surface area contributed by atoms with Gasteiger partial charge >= 0.3 is 0 Å². The summed E-state index contributed by atoms with van der Waals surface area (Å²) in [5.41, 5.74) is 1.39. The minimum absolute atomic E-state index is 0.0674. The van der Waals surface area contributed by atoms with E-state index in [-0.39, 0.29) is 11.3 Å². The maximum Gasteiger partial charge on any atom is 0.251 e. The van der Waals surface area contributed by atoms with E-state index in [1.165, 1.54) is 6.42 Å². The molecule has 112 valence electrons. The Balaban J connectivity index is 1.85. The number of rotatable bonds is 7. The quantitative estimate of drug-likeness (QED) is 0.784. The molecule has 0 bridgehead atoms. The highest BCUT2D eigenvalue weighted by atomic mass is 16.5. The van der Waals surface area contributed by atoms with Crippen molar-refractivity contribution in [2.75, 3.05) is 19.8 Å². The number of amides is 1. The van der Waals surface area contributed by atoms with Crippen molar-refractivity contribution in [3.8, 4) is 6.07 Å². The summed E-state index contributed by atoms with van der Waals surface area (Å²) in [6.45, 7) is 4.22. The van der Waals surface area contributed by atoms with Gasteiger partial charge in [0.25, 0.3) is 5.91 Å². The zero-order valence-corrected chi connectivity index (χ0v) is 12.5. The number of hydrogen-bond donors (Lipinski definition) is 1. The highest BCUT2D eigenvalue weighted by Gasteiger charge is 2.36. The molecule has 21 heavy (non-hydrogen) atoms. The second-order valence-corrected chi connectivity index (χ2v) is 5.67. The van der Waals surface area contributed by atoms with Crippen molar-refractivity contribution in [3.05, 3.63) is 35.4 Å². The normalized spacial score (nSPS) is 15.8. The van der Waals surface area contributed by atoms with Crippen molar-refractivity contribution < 1.29 is 9.53 Å². The molecule has 0 aliphatic heterocycles. The van der Waals surface area contributed by atoms with Crippen molar-refractivity contribution >= 4 is 5.91 Å². The van der Waals surface area contributed by atoms with Crippen LogP contribution in [0.3, 0.4) is 0 Å². The summed E-state index contributed by atoms with van der Waals surface area (Å²) in [6, 6.07) is 8.78. The van der Waals surface area contributed by atoms with Gasteiger partial charge in [0.15, 0.2) is 0 Å². The Morgan fingerprint density at radius 3 is 2.62 bits per heavy atom. The largest absolute Gasteiger partial charge is 0.382 e. The van der Waals surface area contributed by atoms with Crippen LogP contribution in [0.5, 0.6) is 0 Å². The van der Waals surface area contributed by atoms with Gasteiger partial charge in [-0.1, -0.05) is 6.42 Å². The molecule has 0 heterocycles. The van der Waals surface area contributed by atoms with Gasteiger partial charge in [-0.25, -0.2) is 0 Å². The Hall–Kier alpha value is -1.86. The van der Waals surface area contributed by atoms with Crippen LogP contribution in [-0.4, -0.2) is 25.7 Å². The summed E-state index contributed by atoms with van der Waals surface area (Å²) < 4.78 is 5.44. The molecule has 0 radical (unpaired) electrons. The van der Waals surface area contributed by atoms with Gasteiger partial charge in [-0.15, -0.1) is 0 Å². The third-order valence-electron chi connectivity index (χ3n) is 4.30. The van der Waals surface area contributed by atoms with Gasteiger partial charge in [0.1, 0.15) is 0 Å². The van der Waals surface area contributed by atoms with Crippen LogP contribution in [0.4, 0.5) is 0 Å². The number of benzene rings is 1. The maximum atomic E-state index is 12.1. The van der Waals surface area contributed by atoms with Gasteiger partial charge in [-0.3, -0.25) is 4.79 Å². The first-order valence-corrected chi connectivity index (χ1v) is 7.55. The number of nitriles is 1. The Morgan fingerprint density at radius 1 is 1.38 bits per heavy atom. The monoisotopic (exact) mass is 286 g/mol. The van der Waals surface area contributed by atoms with Gasteiger partial charge in [-0.05, 0) is 55.9 Å². The average Bonchev–Trinajstić information content (AvgIpc) is 2.49. The first-order valence-electron chi connectivity index (χ1n) is 7.55. The standard InChI is InChI=1S/C17H22N2O2/c1-2-21-11-10-17(8-3-9-17)13-19-16(20)15-6-4-14(12-18)5-7-15/h4-7H,2-3,8-11,13H2,1H3,(H,19,20). The molecular weight excluding hydrogens is 264 g/mol. The van der Waals surface area contributed by atoms with Crippen molar-refractivity contribution in [1.82, 2.24) is 5.32 Å². The van der Waals surface area contributed by atoms with Gasteiger partial charge in [0.2, 0.25) is 0 Å². The lowest BCUT2D eigenvalue weighted by Crippen LogP contribution is -2.42. The van der Waals surface area contributed by atoms with Crippen LogP contribution in [0.2, 0.25) is 0 Å². The van der Waals surface area contributed by atoms with Crippen LogP contribution in [0, 0.1) is 16.7 Å². The smallest absolute Gasteiger partial charge is 0.251 e. The van der Waals surface area contributed by atoms with E-state index in [1.54, 1.807) is 24.3 Å². The number of carbonyl (C=O) groups is 1. The summed E-state index contributed by atoms with van der Waals surface area (Å²) in [6.07, 6.45) is 4.56. The molecule has 0 spiro atoms. The summed E-state index contributed by atoms with van der Waals surface area (Å²) >= 11 is 0. The molecule has 1 fully saturated rings. The van der Waals surface area contributed by atoms with Crippen molar-refractivity contribution in [2.24, 2.45) is 5.41 Å². The number of nitrogens with one attached hydrogen (secondary N) is 1. The van der Waals surface area contributed by atoms with Gasteiger partial charge in [0, 0.05) is 25.3 Å². The molecule has 1 aromatic rings. The second-order valence-electron chi connectivity index (χ2n) is 5.67. The van der Waals surface area contributed by atoms with Crippen molar-refractivity contribution in [3.63, 3.8) is 0 Å². The lowest BCUT2D eigenvalue weighted by molar-refractivity contribution is 0.0513. The molecule has 1 aliphatic carbocycles. The topological polar surface area (TPSA) is 62.1 Å². The zero-order valence-electron chi connectivity index (χ0n) is 12.5. The van der Waals surface area contributed by atoms with Crippen molar-refractivity contribution in [2.45, 2.75) is 32.6 Å². The van der Waals surface area contributed by atoms with Gasteiger partial charge < -0.3 is 10.1 Å². The van der Waals surface area contributed by atoms with Crippen LogP contribution in [-0.2, 0) is 4.74 Å². The Bertz CT molecular complexity index is 513. The molecule has 0 aromatic heterocycles. The molecule has 1 saturated carbocycles. The molecule has 0 unspecified atom stereocenters. The van der Waals surface area contributed by atoms with E-state index in [2.05, 4.69) is 11.4 Å². The first kappa shape index (κ1) is 15.5. The third kappa shape index (κ3) is 4.05. The Labute approximate surface area is 126 Å². The minimum atomic E-state index is -0.0674. The average molecular weight is 286 g/mol. The van der Waals surface area contributed by atoms with E-state index in [0.29, 0.717) is 17.7 Å². The van der Waals surface area contributed by atoms with Crippen LogP contribution >= 0.6 is 0 Å². The van der Waals surface area contributed by atoms with Gasteiger partial charge in [-0.2, -0.15) is 5.26 Å². The fourth-order valence-corrected chi connectivity index (χ4v) is 2.69. The molecule has 4 heteroatoms. The molecule has 1 aromatic carbocycles. The molecule has 0 atom stereocenters. The summed E-state index contributed by atoms with van der Waals surface area (Å²) in [5, 5.41) is 11.8. The van der Waals surface area contributed by atoms with E-state index < -0.39 is 0 Å².